The average molecular weight is 275 g/mol. The van der Waals surface area contributed by atoms with Crippen molar-refractivity contribution in [2.24, 2.45) is 5.41 Å². The first-order valence-corrected chi connectivity index (χ1v) is 7.65. The van der Waals surface area contributed by atoms with Crippen molar-refractivity contribution in [2.75, 3.05) is 33.4 Å². The Bertz CT molecular complexity index is 413. The summed E-state index contributed by atoms with van der Waals surface area (Å²) in [6, 6.07) is 6.89. The summed E-state index contributed by atoms with van der Waals surface area (Å²) >= 11 is 0. The Hall–Kier alpha value is -0.970. The van der Waals surface area contributed by atoms with Crippen LogP contribution in [-0.4, -0.2) is 49.3 Å². The topological polar surface area (TPSA) is 37.4 Å². The fourth-order valence-electron chi connectivity index (χ4n) is 3.01. The fourth-order valence-corrected chi connectivity index (χ4v) is 3.01. The molecular formula is C16H25N3O. The Labute approximate surface area is 121 Å². The van der Waals surface area contributed by atoms with Gasteiger partial charge in [-0.3, -0.25) is 9.88 Å². The molecule has 1 saturated heterocycles. The number of hydrogen-bond donors (Lipinski definition) is 1. The third kappa shape index (κ3) is 3.78. The van der Waals surface area contributed by atoms with E-state index >= 15 is 0 Å². The molecule has 1 aromatic rings. The number of pyridine rings is 1. The minimum absolute atomic E-state index is 0.284. The Morgan fingerprint density at radius 3 is 3.00 bits per heavy atom. The Morgan fingerprint density at radius 1 is 1.45 bits per heavy atom. The normalized spacial score (nSPS) is 26.3. The third-order valence-electron chi connectivity index (χ3n) is 4.29. The van der Waals surface area contributed by atoms with E-state index in [-0.39, 0.29) is 5.41 Å². The summed E-state index contributed by atoms with van der Waals surface area (Å²) in [6.45, 7) is 4.86. The lowest BCUT2D eigenvalue weighted by molar-refractivity contribution is 0.116. The van der Waals surface area contributed by atoms with Gasteiger partial charge in [-0.1, -0.05) is 6.07 Å². The van der Waals surface area contributed by atoms with Crippen LogP contribution in [0.4, 0.5) is 0 Å². The van der Waals surface area contributed by atoms with Gasteiger partial charge in [-0.2, -0.15) is 0 Å². The van der Waals surface area contributed by atoms with Gasteiger partial charge >= 0.3 is 0 Å². The van der Waals surface area contributed by atoms with Gasteiger partial charge in [0, 0.05) is 43.9 Å². The van der Waals surface area contributed by atoms with E-state index in [2.05, 4.69) is 34.4 Å². The van der Waals surface area contributed by atoms with Gasteiger partial charge in [-0.05, 0) is 38.4 Å². The second kappa shape index (κ2) is 6.20. The lowest BCUT2D eigenvalue weighted by Crippen LogP contribution is -2.44. The maximum atomic E-state index is 5.68. The van der Waals surface area contributed by atoms with E-state index in [1.54, 1.807) is 0 Å². The van der Waals surface area contributed by atoms with E-state index in [4.69, 9.17) is 4.74 Å². The highest BCUT2D eigenvalue weighted by Crippen LogP contribution is 2.31. The minimum atomic E-state index is 0.284. The SMILES string of the molecule is CN(Cc1ccccn1)CC1(CNC2CC2)CCOC1. The quantitative estimate of drug-likeness (QED) is 0.821. The summed E-state index contributed by atoms with van der Waals surface area (Å²) in [5.74, 6) is 0. The van der Waals surface area contributed by atoms with E-state index in [9.17, 15) is 0 Å². The predicted octanol–water partition coefficient (Wildman–Crippen LogP) is 1.67. The first-order valence-electron chi connectivity index (χ1n) is 7.65. The van der Waals surface area contributed by atoms with Crippen LogP contribution in [0.15, 0.2) is 24.4 Å². The van der Waals surface area contributed by atoms with Crippen LogP contribution in [0.1, 0.15) is 25.0 Å². The van der Waals surface area contributed by atoms with Gasteiger partial charge in [0.2, 0.25) is 0 Å². The van der Waals surface area contributed by atoms with E-state index in [1.165, 1.54) is 19.3 Å². The number of nitrogens with one attached hydrogen (secondary N) is 1. The molecule has 0 bridgehead atoms. The molecule has 1 atom stereocenters. The molecule has 1 aliphatic heterocycles. The number of rotatable bonds is 7. The number of hydrogen-bond acceptors (Lipinski definition) is 4. The number of aromatic nitrogens is 1. The fraction of sp³-hybridized carbons (Fsp3) is 0.688. The van der Waals surface area contributed by atoms with Crippen LogP contribution < -0.4 is 5.32 Å². The molecule has 2 heterocycles. The van der Waals surface area contributed by atoms with Crippen molar-refractivity contribution in [3.05, 3.63) is 30.1 Å². The lowest BCUT2D eigenvalue weighted by Gasteiger charge is -2.32. The monoisotopic (exact) mass is 275 g/mol. The van der Waals surface area contributed by atoms with Crippen molar-refractivity contribution in [1.82, 2.24) is 15.2 Å². The van der Waals surface area contributed by atoms with Crippen LogP contribution in [0.5, 0.6) is 0 Å². The molecule has 1 aromatic heterocycles. The molecule has 1 unspecified atom stereocenters. The van der Waals surface area contributed by atoms with Crippen molar-refractivity contribution in [3.63, 3.8) is 0 Å². The largest absolute Gasteiger partial charge is 0.381 e. The second-order valence-corrected chi connectivity index (χ2v) is 6.45. The van der Waals surface area contributed by atoms with E-state index in [0.29, 0.717) is 0 Å². The summed E-state index contributed by atoms with van der Waals surface area (Å²) in [5, 5.41) is 3.69. The maximum absolute atomic E-state index is 5.68. The zero-order valence-corrected chi connectivity index (χ0v) is 12.3. The third-order valence-corrected chi connectivity index (χ3v) is 4.29. The van der Waals surface area contributed by atoms with E-state index < -0.39 is 0 Å². The second-order valence-electron chi connectivity index (χ2n) is 6.45. The van der Waals surface area contributed by atoms with Crippen LogP contribution in [-0.2, 0) is 11.3 Å². The molecule has 1 saturated carbocycles. The molecule has 110 valence electrons. The average Bonchev–Trinajstić information content (AvgIpc) is 3.18. The summed E-state index contributed by atoms with van der Waals surface area (Å²) in [6.07, 6.45) is 5.73. The van der Waals surface area contributed by atoms with Crippen molar-refractivity contribution in [2.45, 2.75) is 31.8 Å². The molecule has 0 aromatic carbocycles. The molecule has 20 heavy (non-hydrogen) atoms. The van der Waals surface area contributed by atoms with Crippen LogP contribution in [0, 0.1) is 5.41 Å². The first kappa shape index (κ1) is 14.0. The standard InChI is InChI=1S/C16H25N3O/c1-19(10-15-4-2-3-8-17-15)12-16(7-9-20-13-16)11-18-14-5-6-14/h2-4,8,14,18H,5-7,9-13H2,1H3. The molecule has 3 rings (SSSR count). The number of nitrogens with zero attached hydrogens (tertiary/aromatic N) is 2. The summed E-state index contributed by atoms with van der Waals surface area (Å²) in [5.41, 5.74) is 1.42. The van der Waals surface area contributed by atoms with Crippen LogP contribution >= 0.6 is 0 Å². The predicted molar refractivity (Wildman–Crippen MR) is 79.5 cm³/mol. The highest BCUT2D eigenvalue weighted by atomic mass is 16.5. The molecule has 1 aliphatic carbocycles. The Balaban J connectivity index is 1.54. The Morgan fingerprint density at radius 2 is 2.35 bits per heavy atom. The van der Waals surface area contributed by atoms with Gasteiger partial charge in [-0.15, -0.1) is 0 Å². The lowest BCUT2D eigenvalue weighted by atomic mass is 9.86. The molecule has 0 amide bonds. The van der Waals surface area contributed by atoms with Crippen LogP contribution in [0.2, 0.25) is 0 Å². The van der Waals surface area contributed by atoms with Gasteiger partial charge in [-0.25, -0.2) is 0 Å². The number of ether oxygens (including phenoxy) is 1. The molecule has 0 radical (unpaired) electrons. The van der Waals surface area contributed by atoms with Gasteiger partial charge in [0.15, 0.2) is 0 Å². The maximum Gasteiger partial charge on any atom is 0.0547 e. The van der Waals surface area contributed by atoms with Crippen LogP contribution in [0.25, 0.3) is 0 Å². The highest BCUT2D eigenvalue weighted by molar-refractivity contribution is 5.03. The van der Waals surface area contributed by atoms with E-state index in [1.807, 2.05) is 12.3 Å². The molecule has 4 heteroatoms. The summed E-state index contributed by atoms with van der Waals surface area (Å²) < 4.78 is 5.68. The van der Waals surface area contributed by atoms with Crippen molar-refractivity contribution >= 4 is 0 Å². The van der Waals surface area contributed by atoms with Gasteiger partial charge < -0.3 is 10.1 Å². The van der Waals surface area contributed by atoms with Crippen LogP contribution in [0.3, 0.4) is 0 Å². The zero-order valence-electron chi connectivity index (χ0n) is 12.3. The summed E-state index contributed by atoms with van der Waals surface area (Å²) in [7, 11) is 2.19. The Kier molecular flexibility index (Phi) is 4.34. The van der Waals surface area contributed by atoms with Crippen molar-refractivity contribution in [1.29, 1.82) is 0 Å². The smallest absolute Gasteiger partial charge is 0.0547 e. The molecular weight excluding hydrogens is 250 g/mol. The summed E-state index contributed by atoms with van der Waals surface area (Å²) in [4.78, 5) is 6.79. The van der Waals surface area contributed by atoms with Gasteiger partial charge in [0.25, 0.3) is 0 Å². The minimum Gasteiger partial charge on any atom is -0.381 e. The zero-order chi connectivity index (χ0) is 13.8. The van der Waals surface area contributed by atoms with Crippen molar-refractivity contribution in [3.8, 4) is 0 Å². The molecule has 2 aliphatic rings. The molecule has 0 spiro atoms. The molecule has 1 N–H and O–H groups in total. The van der Waals surface area contributed by atoms with Crippen molar-refractivity contribution < 1.29 is 4.74 Å². The van der Waals surface area contributed by atoms with Gasteiger partial charge in [0.05, 0.1) is 12.3 Å². The molecule has 4 nitrogen and oxygen atoms in total. The first-order chi connectivity index (χ1) is 9.76. The van der Waals surface area contributed by atoms with Gasteiger partial charge in [0.1, 0.15) is 0 Å². The molecule has 2 fully saturated rings. The van der Waals surface area contributed by atoms with E-state index in [0.717, 1.165) is 44.6 Å². The highest BCUT2D eigenvalue weighted by Gasteiger charge is 2.37.